The SMILES string of the molecule is CC(C)COCCNc1nc(N)nc2nc[nH]c12. The molecule has 18 heavy (non-hydrogen) atoms. The van der Waals surface area contributed by atoms with Gasteiger partial charge in [0.2, 0.25) is 5.95 Å². The molecule has 0 saturated heterocycles. The van der Waals surface area contributed by atoms with Gasteiger partial charge in [0.05, 0.1) is 12.9 Å². The number of hydrogen-bond donors (Lipinski definition) is 3. The molecular formula is C11H18N6O. The number of hydrogen-bond acceptors (Lipinski definition) is 6. The van der Waals surface area contributed by atoms with Gasteiger partial charge in [0.25, 0.3) is 0 Å². The lowest BCUT2D eigenvalue weighted by molar-refractivity contribution is 0.118. The van der Waals surface area contributed by atoms with Crippen molar-refractivity contribution in [1.29, 1.82) is 0 Å². The van der Waals surface area contributed by atoms with Gasteiger partial charge in [-0.25, -0.2) is 4.98 Å². The number of rotatable bonds is 6. The first kappa shape index (κ1) is 12.6. The molecule has 0 aliphatic rings. The van der Waals surface area contributed by atoms with Gasteiger partial charge in [-0.15, -0.1) is 0 Å². The van der Waals surface area contributed by atoms with Crippen molar-refractivity contribution < 1.29 is 4.74 Å². The van der Waals surface area contributed by atoms with Gasteiger partial charge in [-0.05, 0) is 5.92 Å². The van der Waals surface area contributed by atoms with E-state index in [0.29, 0.717) is 30.5 Å². The van der Waals surface area contributed by atoms with Crippen LogP contribution in [0.1, 0.15) is 13.8 Å². The molecule has 0 atom stereocenters. The zero-order chi connectivity index (χ0) is 13.0. The summed E-state index contributed by atoms with van der Waals surface area (Å²) in [5.41, 5.74) is 6.93. The fourth-order valence-corrected chi connectivity index (χ4v) is 1.54. The second-order valence-electron chi connectivity index (χ2n) is 4.43. The van der Waals surface area contributed by atoms with E-state index in [9.17, 15) is 0 Å². The lowest BCUT2D eigenvalue weighted by Gasteiger charge is -2.09. The first-order chi connectivity index (χ1) is 8.66. The summed E-state index contributed by atoms with van der Waals surface area (Å²) >= 11 is 0. The van der Waals surface area contributed by atoms with Gasteiger partial charge in [-0.1, -0.05) is 13.8 Å². The zero-order valence-corrected chi connectivity index (χ0v) is 10.6. The molecule has 0 saturated carbocycles. The van der Waals surface area contributed by atoms with Crippen molar-refractivity contribution in [2.75, 3.05) is 30.8 Å². The van der Waals surface area contributed by atoms with Gasteiger partial charge >= 0.3 is 0 Å². The minimum atomic E-state index is 0.209. The van der Waals surface area contributed by atoms with Crippen molar-refractivity contribution in [1.82, 2.24) is 19.9 Å². The maximum atomic E-state index is 5.61. The molecule has 7 nitrogen and oxygen atoms in total. The van der Waals surface area contributed by atoms with Crippen LogP contribution < -0.4 is 11.1 Å². The Labute approximate surface area is 105 Å². The van der Waals surface area contributed by atoms with Crippen molar-refractivity contribution in [2.24, 2.45) is 5.92 Å². The quantitative estimate of drug-likeness (QED) is 0.661. The molecule has 0 fully saturated rings. The maximum absolute atomic E-state index is 5.61. The van der Waals surface area contributed by atoms with Crippen LogP contribution in [0.4, 0.5) is 11.8 Å². The fraction of sp³-hybridized carbons (Fsp3) is 0.545. The monoisotopic (exact) mass is 250 g/mol. The second kappa shape index (κ2) is 5.63. The van der Waals surface area contributed by atoms with Crippen LogP contribution in [0.2, 0.25) is 0 Å². The predicted octanol–water partition coefficient (Wildman–Crippen LogP) is 1.02. The molecule has 0 radical (unpaired) electrons. The van der Waals surface area contributed by atoms with Gasteiger partial charge in [0, 0.05) is 13.2 Å². The molecule has 0 aliphatic carbocycles. The molecule has 2 aromatic heterocycles. The number of nitrogens with two attached hydrogens (primary N) is 1. The molecule has 2 aromatic rings. The Hall–Kier alpha value is -1.89. The molecule has 98 valence electrons. The smallest absolute Gasteiger partial charge is 0.224 e. The van der Waals surface area contributed by atoms with Crippen LogP contribution in [0.5, 0.6) is 0 Å². The van der Waals surface area contributed by atoms with Crippen LogP contribution in [0, 0.1) is 5.92 Å². The Morgan fingerprint density at radius 2 is 2.28 bits per heavy atom. The van der Waals surface area contributed by atoms with Crippen LogP contribution >= 0.6 is 0 Å². The number of nitrogen functional groups attached to an aromatic ring is 1. The van der Waals surface area contributed by atoms with Crippen LogP contribution in [-0.2, 0) is 4.74 Å². The number of anilines is 2. The lowest BCUT2D eigenvalue weighted by Crippen LogP contribution is -2.13. The van der Waals surface area contributed by atoms with Gasteiger partial charge in [0.15, 0.2) is 11.5 Å². The molecule has 2 rings (SSSR count). The summed E-state index contributed by atoms with van der Waals surface area (Å²) in [4.78, 5) is 15.2. The van der Waals surface area contributed by atoms with Crippen molar-refractivity contribution in [3.8, 4) is 0 Å². The topological polar surface area (TPSA) is 102 Å². The number of nitrogens with zero attached hydrogens (tertiary/aromatic N) is 3. The Morgan fingerprint density at radius 1 is 1.44 bits per heavy atom. The molecule has 0 aliphatic heterocycles. The van der Waals surface area contributed by atoms with Gasteiger partial charge in [-0.2, -0.15) is 9.97 Å². The van der Waals surface area contributed by atoms with Crippen molar-refractivity contribution in [3.05, 3.63) is 6.33 Å². The average molecular weight is 250 g/mol. The number of fused-ring (bicyclic) bond motifs is 1. The summed E-state index contributed by atoms with van der Waals surface area (Å²) in [5.74, 6) is 1.40. The Morgan fingerprint density at radius 3 is 3.06 bits per heavy atom. The predicted molar refractivity (Wildman–Crippen MR) is 70.2 cm³/mol. The summed E-state index contributed by atoms with van der Waals surface area (Å²) in [6.07, 6.45) is 1.57. The van der Waals surface area contributed by atoms with E-state index in [1.54, 1.807) is 6.33 Å². The minimum Gasteiger partial charge on any atom is -0.379 e. The zero-order valence-electron chi connectivity index (χ0n) is 10.6. The molecule has 0 spiro atoms. The van der Waals surface area contributed by atoms with Crippen LogP contribution in [-0.4, -0.2) is 39.7 Å². The van der Waals surface area contributed by atoms with Crippen LogP contribution in [0.3, 0.4) is 0 Å². The van der Waals surface area contributed by atoms with E-state index in [1.165, 1.54) is 0 Å². The summed E-state index contributed by atoms with van der Waals surface area (Å²) in [5, 5.41) is 3.16. The minimum absolute atomic E-state index is 0.209. The standard InChI is InChI=1S/C11H18N6O/c1-7(2)5-18-4-3-13-9-8-10(15-6-14-8)17-11(12)16-9/h6-7H,3-5H2,1-2H3,(H4,12,13,14,15,16,17). The Balaban J connectivity index is 1.93. The van der Waals surface area contributed by atoms with Gasteiger partial charge in [-0.3, -0.25) is 0 Å². The number of ether oxygens (including phenoxy) is 1. The molecule has 0 amide bonds. The average Bonchev–Trinajstić information content (AvgIpc) is 2.75. The number of aromatic amines is 1. The summed E-state index contributed by atoms with van der Waals surface area (Å²) < 4.78 is 5.48. The highest BCUT2D eigenvalue weighted by Gasteiger charge is 2.07. The van der Waals surface area contributed by atoms with Crippen molar-refractivity contribution in [2.45, 2.75) is 13.8 Å². The molecule has 0 bridgehead atoms. The van der Waals surface area contributed by atoms with E-state index >= 15 is 0 Å². The van der Waals surface area contributed by atoms with Gasteiger partial charge < -0.3 is 20.8 Å². The van der Waals surface area contributed by atoms with E-state index in [0.717, 1.165) is 12.1 Å². The molecule has 4 N–H and O–H groups in total. The van der Waals surface area contributed by atoms with Crippen LogP contribution in [0.15, 0.2) is 6.33 Å². The molecule has 7 heteroatoms. The largest absolute Gasteiger partial charge is 0.379 e. The summed E-state index contributed by atoms with van der Waals surface area (Å²) in [6.45, 7) is 6.28. The third kappa shape index (κ3) is 3.07. The Kier molecular flexibility index (Phi) is 3.93. The first-order valence-corrected chi connectivity index (χ1v) is 5.95. The molecule has 2 heterocycles. The van der Waals surface area contributed by atoms with Crippen LogP contribution in [0.25, 0.3) is 11.2 Å². The fourth-order valence-electron chi connectivity index (χ4n) is 1.54. The highest BCUT2D eigenvalue weighted by molar-refractivity contribution is 5.83. The second-order valence-corrected chi connectivity index (χ2v) is 4.43. The molecule has 0 unspecified atom stereocenters. The van der Waals surface area contributed by atoms with E-state index in [2.05, 4.69) is 39.1 Å². The third-order valence-corrected chi connectivity index (χ3v) is 2.29. The van der Waals surface area contributed by atoms with Gasteiger partial charge in [0.1, 0.15) is 5.52 Å². The highest BCUT2D eigenvalue weighted by Crippen LogP contribution is 2.16. The molecular weight excluding hydrogens is 232 g/mol. The first-order valence-electron chi connectivity index (χ1n) is 5.95. The number of H-pyrrole nitrogens is 1. The lowest BCUT2D eigenvalue weighted by atomic mass is 10.2. The van der Waals surface area contributed by atoms with E-state index < -0.39 is 0 Å². The highest BCUT2D eigenvalue weighted by atomic mass is 16.5. The van der Waals surface area contributed by atoms with Crippen molar-refractivity contribution in [3.63, 3.8) is 0 Å². The maximum Gasteiger partial charge on any atom is 0.224 e. The van der Waals surface area contributed by atoms with E-state index in [4.69, 9.17) is 10.5 Å². The number of imidazole rings is 1. The normalized spacial score (nSPS) is 11.3. The number of aromatic nitrogens is 4. The third-order valence-electron chi connectivity index (χ3n) is 2.29. The van der Waals surface area contributed by atoms with E-state index in [-0.39, 0.29) is 5.95 Å². The molecule has 0 aromatic carbocycles. The Bertz CT molecular complexity index is 509. The number of nitrogens with one attached hydrogen (secondary N) is 2. The van der Waals surface area contributed by atoms with Crippen molar-refractivity contribution >= 4 is 22.9 Å². The summed E-state index contributed by atoms with van der Waals surface area (Å²) in [7, 11) is 0. The summed E-state index contributed by atoms with van der Waals surface area (Å²) in [6, 6.07) is 0. The van der Waals surface area contributed by atoms with E-state index in [1.807, 2.05) is 0 Å².